The number of hydrogen-bond donors (Lipinski definition) is 1. The average molecular weight is 762 g/mol. The van der Waals surface area contributed by atoms with Crippen molar-refractivity contribution >= 4 is 62.7 Å². The first-order valence-corrected chi connectivity index (χ1v) is 18.6. The largest absolute Gasteiger partial charge is 0.483 e. The molecule has 2 fully saturated rings. The van der Waals surface area contributed by atoms with Gasteiger partial charge in [0.15, 0.2) is 16.4 Å². The number of hydrogen-bond acceptors (Lipinski definition) is 7. The number of nitrogens with zero attached hydrogens (tertiary/aromatic N) is 3. The zero-order chi connectivity index (χ0) is 34.2. The predicted octanol–water partition coefficient (Wildman–Crippen LogP) is 7.41. The molecule has 49 heavy (non-hydrogen) atoms. The van der Waals surface area contributed by atoms with Crippen LogP contribution in [0.5, 0.6) is 5.75 Å². The molecule has 4 aliphatic heterocycles. The number of nitrogens with one attached hydrogen (secondary N) is 1. The van der Waals surface area contributed by atoms with Crippen molar-refractivity contribution in [3.05, 3.63) is 80.3 Å². The number of sulfone groups is 1. The Morgan fingerprint density at radius 2 is 1.31 bits per heavy atom. The number of amides is 1. The van der Waals surface area contributed by atoms with Gasteiger partial charge in [-0.25, -0.2) is 8.42 Å². The molecule has 15 heteroatoms. The second-order valence-electron chi connectivity index (χ2n) is 12.6. The van der Waals surface area contributed by atoms with Crippen LogP contribution in [0.15, 0.2) is 47.4 Å². The van der Waals surface area contributed by atoms with Gasteiger partial charge in [0, 0.05) is 58.6 Å². The van der Waals surface area contributed by atoms with Crippen molar-refractivity contribution in [2.75, 3.05) is 48.8 Å². The second kappa shape index (κ2) is 15.1. The summed E-state index contributed by atoms with van der Waals surface area (Å²) >= 11 is 12.8. The predicted molar refractivity (Wildman–Crippen MR) is 188 cm³/mol. The Bertz CT molecular complexity index is 1810. The van der Waals surface area contributed by atoms with Gasteiger partial charge < -0.3 is 24.8 Å². The van der Waals surface area contributed by atoms with E-state index in [1.165, 1.54) is 34.6 Å². The van der Waals surface area contributed by atoms with E-state index in [4.69, 9.17) is 27.9 Å². The summed E-state index contributed by atoms with van der Waals surface area (Å²) in [6.45, 7) is 4.92. The number of alkyl halides is 3. The van der Waals surface area contributed by atoms with Gasteiger partial charge in [-0.05, 0) is 90.4 Å². The molecule has 0 radical (unpaired) electrons. The molecule has 7 rings (SSSR count). The number of rotatable bonds is 6. The number of carbonyl (C=O) groups excluding carboxylic acids is 1. The highest BCUT2D eigenvalue weighted by Gasteiger charge is 2.32. The lowest BCUT2D eigenvalue weighted by atomic mass is 10.1. The van der Waals surface area contributed by atoms with E-state index >= 15 is 0 Å². The van der Waals surface area contributed by atoms with Crippen LogP contribution in [0.3, 0.4) is 0 Å². The lowest BCUT2D eigenvalue weighted by molar-refractivity contribution is -0.153. The maximum absolute atomic E-state index is 13.3. The minimum Gasteiger partial charge on any atom is -0.483 e. The van der Waals surface area contributed by atoms with Crippen LogP contribution in [0.4, 0.5) is 24.5 Å². The van der Waals surface area contributed by atoms with Crippen LogP contribution in [0.25, 0.3) is 0 Å². The van der Waals surface area contributed by atoms with Gasteiger partial charge >= 0.3 is 6.18 Å². The SMILES string of the molecule is CS(=O)(=O)c1ccc(OCC(F)(F)F)c(C(=O)N2Cc3cc(Cl)c(N4CCCC4)cc3C2)c1.Cl.Clc1cc2c(cc1N1CCCC1)CNC2. The summed E-state index contributed by atoms with van der Waals surface area (Å²) in [6.07, 6.45) is 1.10. The van der Waals surface area contributed by atoms with Crippen molar-refractivity contribution in [3.8, 4) is 5.75 Å². The molecule has 2 saturated heterocycles. The highest BCUT2D eigenvalue weighted by Crippen LogP contribution is 2.37. The number of anilines is 2. The lowest BCUT2D eigenvalue weighted by Crippen LogP contribution is -2.27. The highest BCUT2D eigenvalue weighted by atomic mass is 35.5. The molecular weight excluding hydrogens is 724 g/mol. The van der Waals surface area contributed by atoms with Crippen molar-refractivity contribution in [1.82, 2.24) is 10.2 Å². The van der Waals surface area contributed by atoms with E-state index in [0.29, 0.717) is 5.02 Å². The Balaban J connectivity index is 0.000000243. The molecular formula is C34H38Cl3F3N4O4S. The third kappa shape index (κ3) is 8.71. The molecule has 3 aromatic carbocycles. The fraction of sp³-hybridized carbons (Fsp3) is 0.441. The quantitative estimate of drug-likeness (QED) is 0.281. The molecule has 4 heterocycles. The Kier molecular flexibility index (Phi) is 11.5. The van der Waals surface area contributed by atoms with Crippen molar-refractivity contribution in [1.29, 1.82) is 0 Å². The van der Waals surface area contributed by atoms with Crippen LogP contribution in [0.1, 0.15) is 58.3 Å². The summed E-state index contributed by atoms with van der Waals surface area (Å²) in [5.74, 6) is -0.941. The van der Waals surface area contributed by atoms with Gasteiger partial charge in [0.25, 0.3) is 5.91 Å². The van der Waals surface area contributed by atoms with E-state index in [1.54, 1.807) is 0 Å². The van der Waals surface area contributed by atoms with Gasteiger partial charge in [-0.1, -0.05) is 23.2 Å². The summed E-state index contributed by atoms with van der Waals surface area (Å²) in [7, 11) is -3.69. The van der Waals surface area contributed by atoms with E-state index in [9.17, 15) is 26.4 Å². The molecule has 0 saturated carbocycles. The standard InChI is InChI=1S/C22H22ClF3N2O4S.C12H15ClN2.ClH/c1-33(30,31)16-4-5-20(32-13-22(24,25)26)17(10-16)21(29)28-11-14-8-18(23)19(9-15(14)12-28)27-6-2-3-7-27;13-11-5-9-7-14-8-10(9)6-12(11)15-3-1-2-4-15;/h4-5,8-10H,2-3,6-7,11-13H2,1H3;5-6,14H,1-4,7-8H2;1H. The molecule has 0 aliphatic carbocycles. The Morgan fingerprint density at radius 1 is 0.816 bits per heavy atom. The zero-order valence-corrected chi connectivity index (χ0v) is 30.1. The summed E-state index contributed by atoms with van der Waals surface area (Å²) in [5, 5.41) is 4.85. The minimum atomic E-state index is -4.61. The Morgan fingerprint density at radius 3 is 1.84 bits per heavy atom. The molecule has 0 unspecified atom stereocenters. The van der Waals surface area contributed by atoms with Crippen molar-refractivity contribution in [2.24, 2.45) is 0 Å². The first-order valence-electron chi connectivity index (χ1n) is 15.9. The summed E-state index contributed by atoms with van der Waals surface area (Å²) in [4.78, 5) is 19.1. The van der Waals surface area contributed by atoms with Crippen LogP contribution in [0, 0.1) is 0 Å². The first kappa shape index (κ1) is 37.4. The van der Waals surface area contributed by atoms with Crippen molar-refractivity contribution < 1.29 is 31.1 Å². The van der Waals surface area contributed by atoms with E-state index in [-0.39, 0.29) is 41.7 Å². The van der Waals surface area contributed by atoms with E-state index in [1.807, 2.05) is 12.1 Å². The molecule has 8 nitrogen and oxygen atoms in total. The third-order valence-electron chi connectivity index (χ3n) is 9.07. The number of fused-ring (bicyclic) bond motifs is 2. The van der Waals surface area contributed by atoms with Crippen LogP contribution < -0.4 is 19.9 Å². The first-order chi connectivity index (χ1) is 22.8. The summed E-state index contributed by atoms with van der Waals surface area (Å²) < 4.78 is 66.9. The van der Waals surface area contributed by atoms with E-state index < -0.39 is 28.5 Å². The number of benzene rings is 3. The second-order valence-corrected chi connectivity index (χ2v) is 15.5. The highest BCUT2D eigenvalue weighted by molar-refractivity contribution is 7.90. The molecule has 1 N–H and O–H groups in total. The Labute approximate surface area is 300 Å². The van der Waals surface area contributed by atoms with Gasteiger partial charge in [0.1, 0.15) is 5.75 Å². The number of ether oxygens (including phenoxy) is 1. The maximum atomic E-state index is 13.3. The minimum absolute atomic E-state index is 0. The number of carbonyl (C=O) groups is 1. The normalized spacial score (nSPS) is 17.0. The zero-order valence-electron chi connectivity index (χ0n) is 26.9. The molecule has 1 amide bonds. The van der Waals surface area contributed by atoms with Gasteiger partial charge in [0.05, 0.1) is 31.9 Å². The lowest BCUT2D eigenvalue weighted by Gasteiger charge is -2.20. The van der Waals surface area contributed by atoms with Crippen LogP contribution >= 0.6 is 35.6 Å². The van der Waals surface area contributed by atoms with Crippen molar-refractivity contribution in [2.45, 2.75) is 62.9 Å². The summed E-state index contributed by atoms with van der Waals surface area (Å²) in [5.41, 5.74) is 6.41. The maximum Gasteiger partial charge on any atom is 0.422 e. The van der Waals surface area contributed by atoms with Gasteiger partial charge in [-0.15, -0.1) is 12.4 Å². The monoisotopic (exact) mass is 760 g/mol. The molecule has 4 aliphatic rings. The fourth-order valence-electron chi connectivity index (χ4n) is 6.62. The Hall–Kier alpha value is -2.90. The van der Waals surface area contributed by atoms with E-state index in [0.717, 1.165) is 98.4 Å². The van der Waals surface area contributed by atoms with Crippen LogP contribution in [-0.2, 0) is 36.0 Å². The molecule has 0 spiro atoms. The molecule has 0 aromatic heterocycles. The van der Waals surface area contributed by atoms with Crippen LogP contribution in [-0.4, -0.2) is 64.4 Å². The van der Waals surface area contributed by atoms with Gasteiger partial charge in [-0.3, -0.25) is 4.79 Å². The van der Waals surface area contributed by atoms with Gasteiger partial charge in [-0.2, -0.15) is 13.2 Å². The molecule has 0 bridgehead atoms. The molecule has 3 aromatic rings. The average Bonchev–Trinajstić information content (AvgIpc) is 3.86. The topological polar surface area (TPSA) is 82.2 Å². The molecule has 266 valence electrons. The van der Waals surface area contributed by atoms with Crippen LogP contribution in [0.2, 0.25) is 10.0 Å². The smallest absolute Gasteiger partial charge is 0.422 e. The fourth-order valence-corrected chi connectivity index (χ4v) is 7.88. The third-order valence-corrected chi connectivity index (χ3v) is 10.8. The van der Waals surface area contributed by atoms with E-state index in [2.05, 4.69) is 27.2 Å². The van der Waals surface area contributed by atoms with Gasteiger partial charge in [0.2, 0.25) is 0 Å². The summed E-state index contributed by atoms with van der Waals surface area (Å²) in [6, 6.07) is 11.4. The number of halogens is 6. The van der Waals surface area contributed by atoms with Crippen molar-refractivity contribution in [3.63, 3.8) is 0 Å². The molecule has 0 atom stereocenters.